The fourth-order valence-electron chi connectivity index (χ4n) is 2.88. The van der Waals surface area contributed by atoms with Crippen LogP contribution in [-0.4, -0.2) is 17.3 Å². The highest BCUT2D eigenvalue weighted by Gasteiger charge is 2.29. The Hall–Kier alpha value is -1.26. The molecule has 2 aromatic rings. The van der Waals surface area contributed by atoms with E-state index in [1.54, 1.807) is 4.57 Å². The number of nitrogens with zero attached hydrogens (tertiary/aromatic N) is 1. The van der Waals surface area contributed by atoms with Crippen LogP contribution in [0, 0.1) is 5.92 Å². The smallest absolute Gasteiger partial charge is 0.408 e. The highest BCUT2D eigenvalue weighted by molar-refractivity contribution is 6.21. The van der Waals surface area contributed by atoms with Crippen molar-refractivity contribution in [3.63, 3.8) is 0 Å². The molecule has 0 spiro atoms. The maximum atomic E-state index is 11.7. The molecule has 20 heavy (non-hydrogen) atoms. The first-order valence-corrected chi connectivity index (χ1v) is 7.42. The summed E-state index contributed by atoms with van der Waals surface area (Å²) in [6.45, 7) is 5.27. The Morgan fingerprint density at radius 3 is 2.95 bits per heavy atom. The molecule has 1 saturated heterocycles. The van der Waals surface area contributed by atoms with E-state index in [1.807, 2.05) is 25.1 Å². The first kappa shape index (κ1) is 13.7. The number of alkyl halides is 1. The summed E-state index contributed by atoms with van der Waals surface area (Å²) in [5.74, 6) is -0.00676. The first-order valence-electron chi connectivity index (χ1n) is 6.99. The standard InChI is InChI=1S/C15H18ClNO3/c1-3-17-12-5-4-10(7-13(12)20-15(17)18)14(16)11-6-9(2)19-8-11/h4-5,7,9,11,14H,3,6,8H2,1-2H3. The van der Waals surface area contributed by atoms with Gasteiger partial charge in [-0.05, 0) is 38.0 Å². The maximum absolute atomic E-state index is 11.7. The van der Waals surface area contributed by atoms with Gasteiger partial charge < -0.3 is 9.15 Å². The van der Waals surface area contributed by atoms with Crippen LogP contribution in [0.25, 0.3) is 11.1 Å². The van der Waals surface area contributed by atoms with Crippen molar-refractivity contribution < 1.29 is 9.15 Å². The van der Waals surface area contributed by atoms with Gasteiger partial charge in [0.15, 0.2) is 5.58 Å². The van der Waals surface area contributed by atoms with Gasteiger partial charge in [0, 0.05) is 12.5 Å². The Balaban J connectivity index is 1.95. The Bertz CT molecular complexity index is 675. The third-order valence-electron chi connectivity index (χ3n) is 3.97. The summed E-state index contributed by atoms with van der Waals surface area (Å²) in [5, 5.41) is -0.111. The molecule has 0 amide bonds. The molecule has 1 aromatic heterocycles. The molecular weight excluding hydrogens is 278 g/mol. The molecular formula is C15H18ClNO3. The number of oxazole rings is 1. The number of aryl methyl sites for hydroxylation is 1. The van der Waals surface area contributed by atoms with Crippen molar-refractivity contribution in [2.24, 2.45) is 5.92 Å². The first-order chi connectivity index (χ1) is 9.60. The second kappa shape index (κ2) is 5.26. The predicted octanol–water partition coefficient (Wildman–Crippen LogP) is 3.32. The van der Waals surface area contributed by atoms with Gasteiger partial charge in [-0.2, -0.15) is 0 Å². The largest absolute Gasteiger partial charge is 0.419 e. The van der Waals surface area contributed by atoms with E-state index >= 15 is 0 Å². The molecule has 0 radical (unpaired) electrons. The van der Waals surface area contributed by atoms with Gasteiger partial charge in [-0.25, -0.2) is 4.79 Å². The number of fused-ring (bicyclic) bond motifs is 1. The summed E-state index contributed by atoms with van der Waals surface area (Å²) in [4.78, 5) is 11.7. The Morgan fingerprint density at radius 1 is 1.50 bits per heavy atom. The van der Waals surface area contributed by atoms with Gasteiger partial charge >= 0.3 is 5.76 Å². The lowest BCUT2D eigenvalue weighted by atomic mass is 9.96. The number of halogens is 1. The van der Waals surface area contributed by atoms with Crippen molar-refractivity contribution in [1.29, 1.82) is 0 Å². The van der Waals surface area contributed by atoms with E-state index in [0.717, 1.165) is 17.5 Å². The quantitative estimate of drug-likeness (QED) is 0.816. The van der Waals surface area contributed by atoms with Crippen LogP contribution in [0.5, 0.6) is 0 Å². The maximum Gasteiger partial charge on any atom is 0.419 e. The van der Waals surface area contributed by atoms with E-state index in [-0.39, 0.29) is 17.2 Å². The van der Waals surface area contributed by atoms with Crippen LogP contribution in [0.15, 0.2) is 27.4 Å². The van der Waals surface area contributed by atoms with Crippen molar-refractivity contribution in [2.45, 2.75) is 38.3 Å². The molecule has 108 valence electrons. The third kappa shape index (κ3) is 2.27. The minimum atomic E-state index is -0.316. The van der Waals surface area contributed by atoms with Crippen LogP contribution in [-0.2, 0) is 11.3 Å². The molecule has 1 fully saturated rings. The fraction of sp³-hybridized carbons (Fsp3) is 0.533. The van der Waals surface area contributed by atoms with Crippen molar-refractivity contribution in [1.82, 2.24) is 4.57 Å². The van der Waals surface area contributed by atoms with Crippen molar-refractivity contribution in [2.75, 3.05) is 6.61 Å². The number of hydrogen-bond donors (Lipinski definition) is 0. The zero-order valence-corrected chi connectivity index (χ0v) is 12.4. The number of aromatic nitrogens is 1. The molecule has 5 heteroatoms. The lowest BCUT2D eigenvalue weighted by Gasteiger charge is -2.15. The zero-order valence-electron chi connectivity index (χ0n) is 11.6. The summed E-state index contributed by atoms with van der Waals surface area (Å²) in [7, 11) is 0. The molecule has 0 N–H and O–H groups in total. The van der Waals surface area contributed by atoms with Crippen molar-refractivity contribution in [3.05, 3.63) is 34.3 Å². The fourth-order valence-corrected chi connectivity index (χ4v) is 3.19. The highest BCUT2D eigenvalue weighted by atomic mass is 35.5. The van der Waals surface area contributed by atoms with Crippen LogP contribution in [0.4, 0.5) is 0 Å². The van der Waals surface area contributed by atoms with Crippen molar-refractivity contribution in [3.8, 4) is 0 Å². The summed E-state index contributed by atoms with van der Waals surface area (Å²) in [6, 6.07) is 5.77. The van der Waals surface area contributed by atoms with E-state index < -0.39 is 0 Å². The van der Waals surface area contributed by atoms with E-state index in [1.165, 1.54) is 0 Å². The Labute approximate surface area is 122 Å². The molecule has 2 heterocycles. The molecule has 1 aliphatic heterocycles. The predicted molar refractivity (Wildman–Crippen MR) is 78.3 cm³/mol. The van der Waals surface area contributed by atoms with Gasteiger partial charge in [-0.1, -0.05) is 6.07 Å². The minimum absolute atomic E-state index is 0.111. The summed E-state index contributed by atoms with van der Waals surface area (Å²) >= 11 is 6.55. The summed E-state index contributed by atoms with van der Waals surface area (Å²) in [5.41, 5.74) is 2.41. The van der Waals surface area contributed by atoms with Gasteiger partial charge in [-0.15, -0.1) is 11.6 Å². The second-order valence-corrected chi connectivity index (χ2v) is 5.85. The van der Waals surface area contributed by atoms with E-state index in [2.05, 4.69) is 6.92 Å². The molecule has 3 atom stereocenters. The van der Waals surface area contributed by atoms with E-state index in [4.69, 9.17) is 20.8 Å². The SMILES string of the molecule is CCn1c(=O)oc2cc(C(Cl)C3COC(C)C3)ccc21. The van der Waals surface area contributed by atoms with Gasteiger partial charge in [-0.3, -0.25) is 4.57 Å². The number of hydrogen-bond acceptors (Lipinski definition) is 3. The normalized spacial score (nSPS) is 24.4. The van der Waals surface area contributed by atoms with E-state index in [9.17, 15) is 4.79 Å². The highest BCUT2D eigenvalue weighted by Crippen LogP contribution is 2.37. The molecule has 0 aliphatic carbocycles. The van der Waals surface area contributed by atoms with Gasteiger partial charge in [0.1, 0.15) is 0 Å². The van der Waals surface area contributed by atoms with Gasteiger partial charge in [0.2, 0.25) is 0 Å². The summed E-state index contributed by atoms with van der Waals surface area (Å²) < 4.78 is 12.5. The molecule has 3 rings (SSSR count). The molecule has 1 aromatic carbocycles. The van der Waals surface area contributed by atoms with Gasteiger partial charge in [0.25, 0.3) is 0 Å². The molecule has 4 nitrogen and oxygen atoms in total. The number of rotatable bonds is 3. The molecule has 0 bridgehead atoms. The Morgan fingerprint density at radius 2 is 2.30 bits per heavy atom. The second-order valence-electron chi connectivity index (χ2n) is 5.38. The van der Waals surface area contributed by atoms with Crippen LogP contribution in [0.3, 0.4) is 0 Å². The monoisotopic (exact) mass is 295 g/mol. The minimum Gasteiger partial charge on any atom is -0.408 e. The number of ether oxygens (including phenoxy) is 1. The average Bonchev–Trinajstić information content (AvgIpc) is 2.99. The third-order valence-corrected chi connectivity index (χ3v) is 4.58. The van der Waals surface area contributed by atoms with Gasteiger partial charge in [0.05, 0.1) is 23.6 Å². The number of benzene rings is 1. The molecule has 1 aliphatic rings. The van der Waals surface area contributed by atoms with Crippen molar-refractivity contribution >= 4 is 22.7 Å². The lowest BCUT2D eigenvalue weighted by molar-refractivity contribution is 0.120. The zero-order chi connectivity index (χ0) is 14.3. The topological polar surface area (TPSA) is 44.4 Å². The average molecular weight is 296 g/mol. The summed E-state index contributed by atoms with van der Waals surface area (Å²) in [6.07, 6.45) is 1.23. The van der Waals surface area contributed by atoms with Crippen LogP contribution < -0.4 is 5.76 Å². The Kier molecular flexibility index (Phi) is 3.61. The van der Waals surface area contributed by atoms with Crippen LogP contribution >= 0.6 is 11.6 Å². The molecule has 3 unspecified atom stereocenters. The molecule has 0 saturated carbocycles. The van der Waals surface area contributed by atoms with Crippen LogP contribution in [0.2, 0.25) is 0 Å². The van der Waals surface area contributed by atoms with E-state index in [0.29, 0.717) is 24.7 Å². The van der Waals surface area contributed by atoms with Crippen LogP contribution in [0.1, 0.15) is 31.2 Å². The lowest BCUT2D eigenvalue weighted by Crippen LogP contribution is -2.12.